The lowest BCUT2D eigenvalue weighted by Crippen LogP contribution is -2.49. The fraction of sp³-hybridized carbons (Fsp3) is 0.261. The number of hydrazone groups is 1. The van der Waals surface area contributed by atoms with Gasteiger partial charge in [0, 0.05) is 11.4 Å². The lowest BCUT2D eigenvalue weighted by Gasteiger charge is -2.41. The Bertz CT molecular complexity index is 1100. The molecule has 0 fully saturated rings. The van der Waals surface area contributed by atoms with E-state index >= 15 is 0 Å². The molecule has 2 aliphatic rings. The predicted molar refractivity (Wildman–Crippen MR) is 130 cm³/mol. The van der Waals surface area contributed by atoms with Crippen LogP contribution in [0.15, 0.2) is 70.3 Å². The molecule has 2 aliphatic heterocycles. The maximum atomic E-state index is 12.7. The monoisotopic (exact) mass is 469 g/mol. The van der Waals surface area contributed by atoms with Crippen molar-refractivity contribution in [2.45, 2.75) is 25.1 Å². The number of hydrogen-bond acceptors (Lipinski definition) is 9. The first-order valence-electron chi connectivity index (χ1n) is 10.1. The van der Waals surface area contributed by atoms with Crippen molar-refractivity contribution in [1.29, 1.82) is 0 Å². The summed E-state index contributed by atoms with van der Waals surface area (Å²) in [7, 11) is 1.61. The van der Waals surface area contributed by atoms with E-state index in [-0.39, 0.29) is 17.4 Å². The number of hydrogen-bond donors (Lipinski definition) is 0. The molecule has 0 N–H and O–H groups in total. The molecule has 0 bridgehead atoms. The van der Waals surface area contributed by atoms with Crippen molar-refractivity contribution in [3.05, 3.63) is 65.2 Å². The fourth-order valence-electron chi connectivity index (χ4n) is 3.59. The SMILES string of the molecule is CCOC(=O)C1=NN(c2ccc(OC)cc2)[C@@]2(S1)SC(C(C)=O)=C(C)N2c1ccccc1. The minimum absolute atomic E-state index is 0.0369. The zero-order chi connectivity index (χ0) is 22.9. The van der Waals surface area contributed by atoms with Crippen molar-refractivity contribution in [3.8, 4) is 5.75 Å². The molecule has 2 aromatic rings. The highest BCUT2D eigenvalue weighted by Gasteiger charge is 2.57. The van der Waals surface area contributed by atoms with Crippen molar-refractivity contribution >= 4 is 51.7 Å². The number of thioether (sulfide) groups is 2. The van der Waals surface area contributed by atoms with Gasteiger partial charge in [-0.3, -0.25) is 4.79 Å². The average molecular weight is 470 g/mol. The number of anilines is 2. The molecule has 32 heavy (non-hydrogen) atoms. The van der Waals surface area contributed by atoms with E-state index in [1.54, 1.807) is 26.0 Å². The molecule has 7 nitrogen and oxygen atoms in total. The fourth-order valence-corrected chi connectivity index (χ4v) is 6.55. The Morgan fingerprint density at radius 3 is 2.31 bits per heavy atom. The van der Waals surface area contributed by atoms with Gasteiger partial charge in [-0.1, -0.05) is 30.0 Å². The summed E-state index contributed by atoms with van der Waals surface area (Å²) in [5.74, 6) is 0.183. The largest absolute Gasteiger partial charge is 0.497 e. The van der Waals surface area contributed by atoms with Gasteiger partial charge in [-0.2, -0.15) is 5.10 Å². The molecule has 0 aliphatic carbocycles. The molecule has 9 heteroatoms. The summed E-state index contributed by atoms with van der Waals surface area (Å²) < 4.78 is 9.60. The molecule has 2 aromatic carbocycles. The molecule has 1 spiro atoms. The number of Topliss-reactive ketones (excluding diaryl/α,β-unsaturated/α-hetero) is 1. The Balaban J connectivity index is 1.88. The predicted octanol–water partition coefficient (Wildman–Crippen LogP) is 4.81. The van der Waals surface area contributed by atoms with Gasteiger partial charge in [-0.05, 0) is 68.9 Å². The van der Waals surface area contributed by atoms with Crippen LogP contribution in [0.5, 0.6) is 5.75 Å². The Morgan fingerprint density at radius 2 is 1.72 bits per heavy atom. The molecule has 0 saturated carbocycles. The number of carbonyl (C=O) groups is 2. The number of esters is 1. The van der Waals surface area contributed by atoms with Crippen LogP contribution in [0.1, 0.15) is 20.8 Å². The van der Waals surface area contributed by atoms with E-state index in [0.29, 0.717) is 10.7 Å². The minimum Gasteiger partial charge on any atom is -0.497 e. The molecule has 4 rings (SSSR count). The van der Waals surface area contributed by atoms with Crippen molar-refractivity contribution in [2.75, 3.05) is 23.6 Å². The van der Waals surface area contributed by atoms with E-state index < -0.39 is 10.3 Å². The Labute approximate surface area is 195 Å². The Morgan fingerprint density at radius 1 is 1.03 bits per heavy atom. The summed E-state index contributed by atoms with van der Waals surface area (Å²) >= 11 is 2.66. The minimum atomic E-state index is -0.941. The van der Waals surface area contributed by atoms with Crippen LogP contribution >= 0.6 is 23.5 Å². The third-order valence-corrected chi connectivity index (χ3v) is 7.94. The summed E-state index contributed by atoms with van der Waals surface area (Å²) in [4.78, 5) is 27.9. The number of para-hydroxylation sites is 1. The third kappa shape index (κ3) is 3.75. The molecule has 0 radical (unpaired) electrons. The number of benzene rings is 2. The molecule has 0 unspecified atom stereocenters. The van der Waals surface area contributed by atoms with E-state index in [1.807, 2.05) is 61.5 Å². The summed E-state index contributed by atoms with van der Waals surface area (Å²) in [6, 6.07) is 17.2. The zero-order valence-electron chi connectivity index (χ0n) is 18.2. The van der Waals surface area contributed by atoms with Crippen LogP contribution < -0.4 is 14.6 Å². The number of nitrogens with zero attached hydrogens (tertiary/aromatic N) is 3. The Kier molecular flexibility index (Phi) is 6.21. The van der Waals surface area contributed by atoms with E-state index in [9.17, 15) is 9.59 Å². The molecule has 2 heterocycles. The van der Waals surface area contributed by atoms with Gasteiger partial charge in [0.25, 0.3) is 0 Å². The van der Waals surface area contributed by atoms with Crippen LogP contribution in [0, 0.1) is 0 Å². The van der Waals surface area contributed by atoms with E-state index in [0.717, 1.165) is 17.1 Å². The van der Waals surface area contributed by atoms with Gasteiger partial charge in [0.1, 0.15) is 5.75 Å². The lowest BCUT2D eigenvalue weighted by atomic mass is 10.2. The normalized spacial score (nSPS) is 20.1. The van der Waals surface area contributed by atoms with Crippen LogP contribution in [0.25, 0.3) is 0 Å². The Hall–Kier alpha value is -2.91. The van der Waals surface area contributed by atoms with Crippen LogP contribution in [-0.2, 0) is 14.3 Å². The molecule has 0 saturated heterocycles. The average Bonchev–Trinajstić information content (AvgIpc) is 3.32. The van der Waals surface area contributed by atoms with Crippen molar-refractivity contribution in [1.82, 2.24) is 0 Å². The summed E-state index contributed by atoms with van der Waals surface area (Å²) in [6.07, 6.45) is 0. The highest BCUT2D eigenvalue weighted by atomic mass is 32.2. The lowest BCUT2D eigenvalue weighted by molar-refractivity contribution is -0.134. The molecular formula is C23H23N3O4S2. The first-order valence-corrected chi connectivity index (χ1v) is 11.7. The third-order valence-electron chi connectivity index (χ3n) is 4.97. The number of methoxy groups -OCH3 is 1. The van der Waals surface area contributed by atoms with Gasteiger partial charge in [0.15, 0.2) is 5.78 Å². The van der Waals surface area contributed by atoms with Gasteiger partial charge in [-0.25, -0.2) is 9.80 Å². The maximum Gasteiger partial charge on any atom is 0.365 e. The van der Waals surface area contributed by atoms with Gasteiger partial charge in [0.05, 0.1) is 24.3 Å². The zero-order valence-corrected chi connectivity index (χ0v) is 19.8. The number of ketones is 1. The molecule has 0 amide bonds. The van der Waals surface area contributed by atoms with Crippen molar-refractivity contribution in [3.63, 3.8) is 0 Å². The second-order valence-electron chi connectivity index (χ2n) is 7.03. The molecule has 166 valence electrons. The number of carbonyl (C=O) groups excluding carboxylic acids is 2. The quantitative estimate of drug-likeness (QED) is 0.558. The van der Waals surface area contributed by atoms with Crippen LogP contribution in [0.2, 0.25) is 0 Å². The first kappa shape index (κ1) is 22.3. The van der Waals surface area contributed by atoms with Gasteiger partial charge in [-0.15, -0.1) is 0 Å². The number of ether oxygens (including phenoxy) is 2. The standard InChI is InChI=1S/C23H23N3O4S2/c1-5-30-22(28)21-24-26(18-11-13-19(29-4)14-12-18)23(32-21)25(17-9-7-6-8-10-17)15(2)20(31-23)16(3)27/h6-14H,5H2,1-4H3/t23-/m1/s1. The summed E-state index contributed by atoms with van der Waals surface area (Å²) in [6.45, 7) is 5.48. The van der Waals surface area contributed by atoms with E-state index in [1.165, 1.54) is 23.5 Å². The van der Waals surface area contributed by atoms with Gasteiger partial charge in [0.2, 0.25) is 9.37 Å². The smallest absolute Gasteiger partial charge is 0.365 e. The highest BCUT2D eigenvalue weighted by Crippen LogP contribution is 2.60. The van der Waals surface area contributed by atoms with Gasteiger partial charge >= 0.3 is 5.97 Å². The summed E-state index contributed by atoms with van der Waals surface area (Å²) in [5.41, 5.74) is 2.45. The second kappa shape index (κ2) is 8.91. The van der Waals surface area contributed by atoms with Gasteiger partial charge < -0.3 is 14.4 Å². The topological polar surface area (TPSA) is 71.4 Å². The van der Waals surface area contributed by atoms with Crippen molar-refractivity contribution in [2.24, 2.45) is 5.10 Å². The van der Waals surface area contributed by atoms with E-state index in [2.05, 4.69) is 10.0 Å². The van der Waals surface area contributed by atoms with Crippen LogP contribution in [0.4, 0.5) is 11.4 Å². The molecule has 0 aromatic heterocycles. The first-order chi connectivity index (χ1) is 15.4. The van der Waals surface area contributed by atoms with Crippen LogP contribution in [-0.4, -0.2) is 34.8 Å². The van der Waals surface area contributed by atoms with Crippen molar-refractivity contribution < 1.29 is 19.1 Å². The maximum absolute atomic E-state index is 12.7. The second-order valence-corrected chi connectivity index (χ2v) is 9.63. The van der Waals surface area contributed by atoms with Crippen LogP contribution in [0.3, 0.4) is 0 Å². The number of allylic oxidation sites excluding steroid dienone is 2. The highest BCUT2D eigenvalue weighted by molar-refractivity contribution is 8.29. The van der Waals surface area contributed by atoms with E-state index in [4.69, 9.17) is 9.47 Å². The number of rotatable bonds is 6. The molecule has 1 atom stereocenters. The summed E-state index contributed by atoms with van der Waals surface area (Å²) in [5, 5.41) is 6.68. The molecular weight excluding hydrogens is 446 g/mol.